The lowest BCUT2D eigenvalue weighted by molar-refractivity contribution is -0.286. The summed E-state index contributed by atoms with van der Waals surface area (Å²) >= 11 is 0. The van der Waals surface area contributed by atoms with Crippen LogP contribution in [0.3, 0.4) is 0 Å². The second-order valence-corrected chi connectivity index (χ2v) is 6.62. The van der Waals surface area contributed by atoms with Gasteiger partial charge in [0, 0.05) is 18.7 Å². The van der Waals surface area contributed by atoms with E-state index < -0.39 is 6.29 Å². The summed E-state index contributed by atoms with van der Waals surface area (Å²) in [7, 11) is 0. The van der Waals surface area contributed by atoms with E-state index in [1.165, 1.54) is 6.07 Å². The zero-order valence-corrected chi connectivity index (χ0v) is 14.2. The minimum atomic E-state index is -3.69. The van der Waals surface area contributed by atoms with Crippen LogP contribution in [-0.2, 0) is 0 Å². The molecule has 1 aromatic carbocycles. The van der Waals surface area contributed by atoms with Crippen LogP contribution in [0.5, 0.6) is 11.5 Å². The van der Waals surface area contributed by atoms with Gasteiger partial charge in [-0.1, -0.05) is 6.07 Å². The molecule has 5 rings (SSSR count). The Kier molecular flexibility index (Phi) is 3.48. The number of piperidine rings is 1. The van der Waals surface area contributed by atoms with Gasteiger partial charge in [-0.15, -0.1) is 8.78 Å². The second kappa shape index (κ2) is 5.78. The summed E-state index contributed by atoms with van der Waals surface area (Å²) < 4.78 is 38.3. The molecule has 0 bridgehead atoms. The van der Waals surface area contributed by atoms with Crippen LogP contribution in [0.25, 0.3) is 16.9 Å². The Bertz CT molecular complexity index is 1020. The van der Waals surface area contributed by atoms with Crippen molar-refractivity contribution in [2.75, 3.05) is 18.0 Å². The number of nitrogens with zero attached hydrogens (tertiary/aromatic N) is 4. The third-order valence-electron chi connectivity index (χ3n) is 4.89. The normalized spacial score (nSPS) is 19.0. The number of anilines is 1. The Hall–Kier alpha value is -2.94. The highest BCUT2D eigenvalue weighted by atomic mass is 19.3. The fourth-order valence-corrected chi connectivity index (χ4v) is 3.61. The van der Waals surface area contributed by atoms with E-state index in [4.69, 9.17) is 4.74 Å². The molecule has 2 aromatic heterocycles. The predicted octanol–water partition coefficient (Wildman–Crippen LogP) is 2.68. The lowest BCUT2D eigenvalue weighted by atomic mass is 10.1. The summed E-state index contributed by atoms with van der Waals surface area (Å²) in [4.78, 5) is 10.7. The molecule has 7 nitrogen and oxygen atoms in total. The monoisotopic (exact) mass is 374 g/mol. The van der Waals surface area contributed by atoms with Crippen molar-refractivity contribution in [3.05, 3.63) is 36.8 Å². The first-order valence-corrected chi connectivity index (χ1v) is 8.65. The summed E-state index contributed by atoms with van der Waals surface area (Å²) in [6, 6.07) is 4.77. The molecule has 9 heteroatoms. The Morgan fingerprint density at radius 3 is 2.74 bits per heavy atom. The molecular formula is C18H16F2N4O3. The van der Waals surface area contributed by atoms with Crippen LogP contribution in [0.1, 0.15) is 12.8 Å². The fourth-order valence-electron chi connectivity index (χ4n) is 3.61. The van der Waals surface area contributed by atoms with Gasteiger partial charge in [-0.25, -0.2) is 4.98 Å². The molecule has 1 fully saturated rings. The molecule has 0 amide bonds. The maximum Gasteiger partial charge on any atom is 0.586 e. The van der Waals surface area contributed by atoms with Gasteiger partial charge in [-0.2, -0.15) is 0 Å². The van der Waals surface area contributed by atoms with Crippen molar-refractivity contribution in [1.82, 2.24) is 14.4 Å². The average Bonchev–Trinajstić information content (AvgIpc) is 3.21. The number of hydrogen-bond acceptors (Lipinski definition) is 6. The molecule has 0 spiro atoms. The number of aliphatic hydroxyl groups excluding tert-OH is 1. The predicted molar refractivity (Wildman–Crippen MR) is 92.1 cm³/mol. The number of aliphatic hydroxyl groups is 1. The van der Waals surface area contributed by atoms with Gasteiger partial charge in [0.25, 0.3) is 0 Å². The maximum absolute atomic E-state index is 13.6. The smallest absolute Gasteiger partial charge is 0.395 e. The number of para-hydroxylation sites is 1. The lowest BCUT2D eigenvalue weighted by Gasteiger charge is -2.31. The highest BCUT2D eigenvalue weighted by Gasteiger charge is 2.44. The van der Waals surface area contributed by atoms with E-state index >= 15 is 0 Å². The molecule has 2 aliphatic heterocycles. The van der Waals surface area contributed by atoms with Gasteiger partial charge >= 0.3 is 6.29 Å². The zero-order valence-electron chi connectivity index (χ0n) is 14.2. The van der Waals surface area contributed by atoms with Crippen molar-refractivity contribution in [1.29, 1.82) is 0 Å². The molecule has 2 aliphatic rings. The Labute approximate surface area is 152 Å². The van der Waals surface area contributed by atoms with Crippen molar-refractivity contribution in [3.8, 4) is 22.8 Å². The van der Waals surface area contributed by atoms with Crippen molar-refractivity contribution in [2.24, 2.45) is 0 Å². The van der Waals surface area contributed by atoms with Crippen molar-refractivity contribution >= 4 is 11.5 Å². The molecule has 1 saturated heterocycles. The molecule has 140 valence electrons. The number of fused-ring (bicyclic) bond motifs is 2. The minimum Gasteiger partial charge on any atom is -0.395 e. The SMILES string of the molecule is OC1CCN(c2cncc3ncc(-c4cccc5c4OC(F)(F)O5)n23)CC1. The number of halogens is 2. The first-order valence-electron chi connectivity index (χ1n) is 8.65. The topological polar surface area (TPSA) is 72.1 Å². The quantitative estimate of drug-likeness (QED) is 0.744. The van der Waals surface area contributed by atoms with E-state index in [2.05, 4.69) is 19.6 Å². The van der Waals surface area contributed by atoms with Crippen LogP contribution in [0.4, 0.5) is 14.6 Å². The molecule has 1 N–H and O–H groups in total. The first kappa shape index (κ1) is 16.2. The maximum atomic E-state index is 13.6. The van der Waals surface area contributed by atoms with Gasteiger partial charge in [0.2, 0.25) is 0 Å². The molecular weight excluding hydrogens is 358 g/mol. The summed E-state index contributed by atoms with van der Waals surface area (Å²) in [5, 5.41) is 9.77. The van der Waals surface area contributed by atoms with E-state index in [0.29, 0.717) is 42.8 Å². The number of hydrogen-bond donors (Lipinski definition) is 1. The summed E-state index contributed by atoms with van der Waals surface area (Å²) in [6.45, 7) is 1.34. The van der Waals surface area contributed by atoms with Crippen LogP contribution in [0.15, 0.2) is 36.8 Å². The summed E-state index contributed by atoms with van der Waals surface area (Å²) in [5.74, 6) is 0.764. The van der Waals surface area contributed by atoms with Crippen molar-refractivity contribution < 1.29 is 23.4 Å². The molecule has 0 atom stereocenters. The molecule has 0 aliphatic carbocycles. The lowest BCUT2D eigenvalue weighted by Crippen LogP contribution is -2.36. The minimum absolute atomic E-state index is 0.0100. The van der Waals surface area contributed by atoms with Gasteiger partial charge in [0.05, 0.1) is 30.4 Å². The van der Waals surface area contributed by atoms with E-state index in [1.807, 2.05) is 4.40 Å². The number of rotatable bonds is 2. The molecule has 0 saturated carbocycles. The van der Waals surface area contributed by atoms with Crippen LogP contribution in [0.2, 0.25) is 0 Å². The Morgan fingerprint density at radius 2 is 1.93 bits per heavy atom. The summed E-state index contributed by atoms with van der Waals surface area (Å²) in [5.41, 5.74) is 1.66. The number of alkyl halides is 2. The Balaban J connectivity index is 1.65. The van der Waals surface area contributed by atoms with Gasteiger partial charge in [-0.05, 0) is 25.0 Å². The third kappa shape index (κ3) is 2.66. The van der Waals surface area contributed by atoms with Crippen LogP contribution in [0, 0.1) is 0 Å². The first-order chi connectivity index (χ1) is 13.0. The van der Waals surface area contributed by atoms with Gasteiger partial charge in [0.15, 0.2) is 17.1 Å². The molecule has 4 heterocycles. The van der Waals surface area contributed by atoms with Crippen LogP contribution < -0.4 is 14.4 Å². The van der Waals surface area contributed by atoms with E-state index in [-0.39, 0.29) is 17.6 Å². The van der Waals surface area contributed by atoms with Gasteiger partial charge < -0.3 is 19.5 Å². The number of imidazole rings is 1. The van der Waals surface area contributed by atoms with E-state index in [0.717, 1.165) is 5.82 Å². The molecule has 3 aromatic rings. The zero-order chi connectivity index (χ0) is 18.6. The largest absolute Gasteiger partial charge is 0.586 e. The molecule has 27 heavy (non-hydrogen) atoms. The van der Waals surface area contributed by atoms with E-state index in [9.17, 15) is 13.9 Å². The molecule has 0 unspecified atom stereocenters. The van der Waals surface area contributed by atoms with Crippen LogP contribution in [-0.4, -0.2) is 45.0 Å². The van der Waals surface area contributed by atoms with E-state index in [1.54, 1.807) is 30.7 Å². The van der Waals surface area contributed by atoms with Crippen molar-refractivity contribution in [2.45, 2.75) is 25.2 Å². The number of ether oxygens (including phenoxy) is 2. The van der Waals surface area contributed by atoms with Gasteiger partial charge in [0.1, 0.15) is 5.82 Å². The second-order valence-electron chi connectivity index (χ2n) is 6.62. The average molecular weight is 374 g/mol. The number of benzene rings is 1. The Morgan fingerprint density at radius 1 is 1.11 bits per heavy atom. The molecule has 0 radical (unpaired) electrons. The van der Waals surface area contributed by atoms with Crippen molar-refractivity contribution in [3.63, 3.8) is 0 Å². The van der Waals surface area contributed by atoms with Gasteiger partial charge in [-0.3, -0.25) is 9.38 Å². The number of aromatic nitrogens is 3. The standard InChI is InChI=1S/C18H16F2N4O3/c19-18(20)26-14-3-1-2-12(17(14)27-18)13-8-22-15-9-21-10-16(24(13)15)23-6-4-11(25)5-7-23/h1-3,8-11,25H,4-7H2. The highest BCUT2D eigenvalue weighted by molar-refractivity contribution is 5.75. The summed E-state index contributed by atoms with van der Waals surface area (Å²) in [6.07, 6.45) is 2.25. The highest BCUT2D eigenvalue weighted by Crippen LogP contribution is 2.47. The fraction of sp³-hybridized carbons (Fsp3) is 0.333. The third-order valence-corrected chi connectivity index (χ3v) is 4.89. The van der Waals surface area contributed by atoms with Crippen LogP contribution >= 0.6 is 0 Å².